The van der Waals surface area contributed by atoms with Crippen molar-refractivity contribution in [2.75, 3.05) is 7.11 Å². The van der Waals surface area contributed by atoms with Crippen molar-refractivity contribution in [1.82, 2.24) is 0 Å². The van der Waals surface area contributed by atoms with Gasteiger partial charge in [-0.3, -0.25) is 4.79 Å². The van der Waals surface area contributed by atoms with Gasteiger partial charge >= 0.3 is 5.97 Å². The van der Waals surface area contributed by atoms with Crippen LogP contribution in [0.25, 0.3) is 0 Å². The van der Waals surface area contributed by atoms with Gasteiger partial charge in [-0.1, -0.05) is 13.8 Å². The van der Waals surface area contributed by atoms with E-state index in [1.165, 1.54) is 7.11 Å². The van der Waals surface area contributed by atoms with Crippen LogP contribution in [0.1, 0.15) is 20.3 Å². The molecule has 0 aromatic carbocycles. The maximum absolute atomic E-state index is 10.9. The number of hydrogen-bond donors (Lipinski definition) is 0. The molecule has 0 aliphatic heterocycles. The molecule has 0 rings (SSSR count). The third-order valence-electron chi connectivity index (χ3n) is 1.89. The Morgan fingerprint density at radius 1 is 1.55 bits per heavy atom. The van der Waals surface area contributed by atoms with Crippen LogP contribution in [-0.4, -0.2) is 19.4 Å². The summed E-state index contributed by atoms with van der Waals surface area (Å²) in [5.74, 6) is -0.371. The van der Waals surface area contributed by atoms with Crippen molar-refractivity contribution in [1.29, 1.82) is 0 Å². The van der Waals surface area contributed by atoms with E-state index in [1.807, 2.05) is 6.92 Å². The van der Waals surface area contributed by atoms with Crippen molar-refractivity contribution >= 4 is 12.3 Å². The zero-order valence-electron chi connectivity index (χ0n) is 7.16. The number of carbonyl (C=O) groups is 2. The van der Waals surface area contributed by atoms with Crippen LogP contribution in [0, 0.1) is 11.8 Å². The number of carbonyl (C=O) groups excluding carboxylic acids is 2. The summed E-state index contributed by atoms with van der Waals surface area (Å²) < 4.78 is 4.52. The van der Waals surface area contributed by atoms with Crippen LogP contribution in [-0.2, 0) is 14.3 Å². The van der Waals surface area contributed by atoms with Gasteiger partial charge in [0.05, 0.1) is 13.0 Å². The topological polar surface area (TPSA) is 43.4 Å². The van der Waals surface area contributed by atoms with E-state index in [-0.39, 0.29) is 17.8 Å². The monoisotopic (exact) mass is 158 g/mol. The lowest BCUT2D eigenvalue weighted by Gasteiger charge is -2.14. The molecule has 0 bridgehead atoms. The van der Waals surface area contributed by atoms with Crippen LogP contribution in [0.4, 0.5) is 0 Å². The Balaban J connectivity index is 3.89. The number of esters is 1. The zero-order valence-corrected chi connectivity index (χ0v) is 7.16. The molecule has 3 nitrogen and oxygen atoms in total. The lowest BCUT2D eigenvalue weighted by molar-refractivity contribution is -0.146. The third kappa shape index (κ3) is 3.16. The molecule has 64 valence electrons. The van der Waals surface area contributed by atoms with E-state index in [2.05, 4.69) is 4.74 Å². The van der Waals surface area contributed by atoms with Gasteiger partial charge in [-0.15, -0.1) is 0 Å². The molecule has 0 aliphatic rings. The Morgan fingerprint density at radius 2 is 2.09 bits per heavy atom. The number of hydrogen-bond acceptors (Lipinski definition) is 3. The lowest BCUT2D eigenvalue weighted by atomic mass is 9.94. The highest BCUT2D eigenvalue weighted by atomic mass is 16.5. The Bertz CT molecular complexity index is 142. The first-order valence-corrected chi connectivity index (χ1v) is 3.65. The maximum Gasteiger partial charge on any atom is 0.308 e. The summed E-state index contributed by atoms with van der Waals surface area (Å²) in [5, 5.41) is 0. The minimum atomic E-state index is -0.251. The van der Waals surface area contributed by atoms with Gasteiger partial charge in [0.1, 0.15) is 6.29 Å². The van der Waals surface area contributed by atoms with E-state index in [4.69, 9.17) is 0 Å². The van der Waals surface area contributed by atoms with Crippen molar-refractivity contribution in [2.45, 2.75) is 20.3 Å². The van der Waals surface area contributed by atoms with Crippen molar-refractivity contribution in [2.24, 2.45) is 11.8 Å². The summed E-state index contributed by atoms with van der Waals surface area (Å²) in [6, 6.07) is 0. The minimum Gasteiger partial charge on any atom is -0.469 e. The average Bonchev–Trinajstić information content (AvgIpc) is 2.02. The van der Waals surface area contributed by atoms with Gasteiger partial charge in [-0.2, -0.15) is 0 Å². The van der Waals surface area contributed by atoms with Crippen LogP contribution in [0.5, 0.6) is 0 Å². The fourth-order valence-corrected chi connectivity index (χ4v) is 0.774. The van der Waals surface area contributed by atoms with Crippen molar-refractivity contribution in [3.05, 3.63) is 0 Å². The van der Waals surface area contributed by atoms with E-state index in [0.717, 1.165) is 6.29 Å². The van der Waals surface area contributed by atoms with Crippen LogP contribution in [0.3, 0.4) is 0 Å². The molecular weight excluding hydrogens is 144 g/mol. The minimum absolute atomic E-state index is 0.0694. The molecule has 0 saturated carbocycles. The molecule has 0 N–H and O–H groups in total. The van der Waals surface area contributed by atoms with E-state index in [1.54, 1.807) is 6.92 Å². The Kier molecular flexibility index (Phi) is 4.50. The van der Waals surface area contributed by atoms with Crippen LogP contribution in [0.2, 0.25) is 0 Å². The Labute approximate surface area is 66.7 Å². The summed E-state index contributed by atoms with van der Waals surface area (Å²) in [4.78, 5) is 21.0. The molecule has 0 heterocycles. The maximum atomic E-state index is 10.9. The summed E-state index contributed by atoms with van der Waals surface area (Å²) in [6.07, 6.45) is 1.24. The molecule has 2 atom stereocenters. The fraction of sp³-hybridized carbons (Fsp3) is 0.750. The molecule has 0 fully saturated rings. The Morgan fingerprint density at radius 3 is 2.45 bits per heavy atom. The van der Waals surface area contributed by atoms with Gasteiger partial charge in [0.15, 0.2) is 0 Å². The highest BCUT2D eigenvalue weighted by molar-refractivity contribution is 5.72. The standard InChI is InChI=1S/C8H14O3/c1-6(4-5-9)7(2)8(10)11-3/h5-7H,4H2,1-3H3. The lowest BCUT2D eigenvalue weighted by Crippen LogP contribution is -2.20. The number of ether oxygens (including phenoxy) is 1. The largest absolute Gasteiger partial charge is 0.469 e. The molecule has 0 saturated heterocycles. The van der Waals surface area contributed by atoms with Gasteiger partial charge < -0.3 is 9.53 Å². The first kappa shape index (κ1) is 10.1. The van der Waals surface area contributed by atoms with E-state index in [9.17, 15) is 9.59 Å². The molecule has 0 aromatic heterocycles. The van der Waals surface area contributed by atoms with Crippen LogP contribution < -0.4 is 0 Å². The van der Waals surface area contributed by atoms with Crippen LogP contribution >= 0.6 is 0 Å². The molecule has 2 unspecified atom stereocenters. The van der Waals surface area contributed by atoms with E-state index < -0.39 is 0 Å². The quantitative estimate of drug-likeness (QED) is 0.453. The third-order valence-corrected chi connectivity index (χ3v) is 1.89. The number of aldehydes is 1. The predicted molar refractivity (Wildman–Crippen MR) is 41.0 cm³/mol. The second-order valence-corrected chi connectivity index (χ2v) is 2.69. The molecular formula is C8H14O3. The normalized spacial score (nSPS) is 15.2. The smallest absolute Gasteiger partial charge is 0.308 e. The fourth-order valence-electron chi connectivity index (χ4n) is 0.774. The first-order valence-electron chi connectivity index (χ1n) is 3.65. The summed E-state index contributed by atoms with van der Waals surface area (Å²) in [5.41, 5.74) is 0. The second-order valence-electron chi connectivity index (χ2n) is 2.69. The number of rotatable bonds is 4. The highest BCUT2D eigenvalue weighted by Crippen LogP contribution is 2.14. The van der Waals surface area contributed by atoms with E-state index in [0.29, 0.717) is 6.42 Å². The highest BCUT2D eigenvalue weighted by Gasteiger charge is 2.19. The summed E-state index contributed by atoms with van der Waals surface area (Å²) in [7, 11) is 1.35. The molecule has 0 aliphatic carbocycles. The summed E-state index contributed by atoms with van der Waals surface area (Å²) in [6.45, 7) is 3.62. The molecule has 11 heavy (non-hydrogen) atoms. The second kappa shape index (κ2) is 4.88. The Hall–Kier alpha value is -0.860. The molecule has 0 amide bonds. The SMILES string of the molecule is COC(=O)C(C)C(C)CC=O. The first-order chi connectivity index (χ1) is 5.13. The van der Waals surface area contributed by atoms with Crippen molar-refractivity contribution in [3.8, 4) is 0 Å². The molecule has 0 spiro atoms. The zero-order chi connectivity index (χ0) is 8.85. The summed E-state index contributed by atoms with van der Waals surface area (Å²) >= 11 is 0. The molecule has 0 radical (unpaired) electrons. The predicted octanol–water partition coefficient (Wildman–Crippen LogP) is 1.02. The molecule has 3 heteroatoms. The average molecular weight is 158 g/mol. The van der Waals surface area contributed by atoms with Gasteiger partial charge in [0.2, 0.25) is 0 Å². The van der Waals surface area contributed by atoms with E-state index >= 15 is 0 Å². The van der Waals surface area contributed by atoms with Gasteiger partial charge in [-0.25, -0.2) is 0 Å². The number of methoxy groups -OCH3 is 1. The van der Waals surface area contributed by atoms with Crippen molar-refractivity contribution < 1.29 is 14.3 Å². The van der Waals surface area contributed by atoms with Gasteiger partial charge in [0, 0.05) is 6.42 Å². The van der Waals surface area contributed by atoms with Crippen LogP contribution in [0.15, 0.2) is 0 Å². The molecule has 0 aromatic rings. The van der Waals surface area contributed by atoms with Crippen molar-refractivity contribution in [3.63, 3.8) is 0 Å². The van der Waals surface area contributed by atoms with Gasteiger partial charge in [-0.05, 0) is 5.92 Å². The van der Waals surface area contributed by atoms with Gasteiger partial charge in [0.25, 0.3) is 0 Å².